The van der Waals surface area contributed by atoms with Gasteiger partial charge in [-0.3, -0.25) is 15.0 Å². The molecule has 0 radical (unpaired) electrons. The molecule has 3 amide bonds. The SMILES string of the molecule is CC[C@@](C)(CNC(=O)Nc1ccc(C(=O)Nc2nccs2)cc1)N1CCOCC1. The van der Waals surface area contributed by atoms with Crippen LogP contribution >= 0.6 is 11.3 Å². The molecular weight excluding hydrogens is 390 g/mol. The minimum Gasteiger partial charge on any atom is -0.379 e. The summed E-state index contributed by atoms with van der Waals surface area (Å²) in [5.74, 6) is -0.236. The van der Waals surface area contributed by atoms with E-state index in [1.165, 1.54) is 11.3 Å². The third kappa shape index (κ3) is 5.75. The maximum absolute atomic E-state index is 12.3. The van der Waals surface area contributed by atoms with Gasteiger partial charge in [0, 0.05) is 48.0 Å². The molecule has 1 fully saturated rings. The Bertz CT molecular complexity index is 806. The fourth-order valence-corrected chi connectivity index (χ4v) is 3.69. The fraction of sp³-hybridized carbons (Fsp3) is 0.450. The summed E-state index contributed by atoms with van der Waals surface area (Å²) < 4.78 is 5.43. The molecule has 2 heterocycles. The first-order valence-corrected chi connectivity index (χ1v) is 10.6. The van der Waals surface area contributed by atoms with Crippen LogP contribution in [0.25, 0.3) is 0 Å². The van der Waals surface area contributed by atoms with E-state index < -0.39 is 0 Å². The van der Waals surface area contributed by atoms with Gasteiger partial charge in [-0.25, -0.2) is 9.78 Å². The fourth-order valence-electron chi connectivity index (χ4n) is 3.17. The van der Waals surface area contributed by atoms with Gasteiger partial charge < -0.3 is 15.4 Å². The molecule has 1 saturated heterocycles. The second kappa shape index (κ2) is 9.82. The number of aromatic nitrogens is 1. The lowest BCUT2D eigenvalue weighted by atomic mass is 9.95. The predicted molar refractivity (Wildman–Crippen MR) is 115 cm³/mol. The molecular formula is C20H27N5O3S. The maximum atomic E-state index is 12.3. The van der Waals surface area contributed by atoms with E-state index in [0.717, 1.165) is 32.7 Å². The second-order valence-electron chi connectivity index (χ2n) is 7.13. The molecule has 1 aromatic carbocycles. The van der Waals surface area contributed by atoms with Crippen LogP contribution in [0.4, 0.5) is 15.6 Å². The first kappa shape index (κ1) is 21.2. The molecule has 3 rings (SSSR count). The second-order valence-corrected chi connectivity index (χ2v) is 8.02. The van der Waals surface area contributed by atoms with Crippen LogP contribution in [0, 0.1) is 0 Å². The normalized spacial score (nSPS) is 16.6. The average molecular weight is 418 g/mol. The molecule has 3 N–H and O–H groups in total. The molecule has 8 nitrogen and oxygen atoms in total. The van der Waals surface area contributed by atoms with E-state index in [1.54, 1.807) is 35.8 Å². The van der Waals surface area contributed by atoms with E-state index in [0.29, 0.717) is 22.9 Å². The number of rotatable bonds is 7. The molecule has 0 bridgehead atoms. The van der Waals surface area contributed by atoms with Crippen LogP contribution in [0.3, 0.4) is 0 Å². The van der Waals surface area contributed by atoms with Crippen molar-refractivity contribution in [3.63, 3.8) is 0 Å². The molecule has 0 spiro atoms. The number of hydrogen-bond donors (Lipinski definition) is 3. The highest BCUT2D eigenvalue weighted by molar-refractivity contribution is 7.13. The lowest BCUT2D eigenvalue weighted by Gasteiger charge is -2.43. The number of urea groups is 1. The molecule has 1 aliphatic heterocycles. The van der Waals surface area contributed by atoms with Gasteiger partial charge in [-0.05, 0) is 37.6 Å². The quantitative estimate of drug-likeness (QED) is 0.644. The van der Waals surface area contributed by atoms with E-state index in [4.69, 9.17) is 4.74 Å². The molecule has 2 aromatic rings. The van der Waals surface area contributed by atoms with Crippen LogP contribution in [-0.4, -0.2) is 60.2 Å². The highest BCUT2D eigenvalue weighted by Gasteiger charge is 2.31. The summed E-state index contributed by atoms with van der Waals surface area (Å²) >= 11 is 1.36. The van der Waals surface area contributed by atoms with Gasteiger partial charge in [-0.2, -0.15) is 0 Å². The Morgan fingerprint density at radius 2 is 1.93 bits per heavy atom. The van der Waals surface area contributed by atoms with Gasteiger partial charge in [-0.15, -0.1) is 11.3 Å². The maximum Gasteiger partial charge on any atom is 0.319 e. The van der Waals surface area contributed by atoms with Crippen LogP contribution in [0.15, 0.2) is 35.8 Å². The number of benzene rings is 1. The zero-order valence-electron chi connectivity index (χ0n) is 16.7. The first-order chi connectivity index (χ1) is 14.0. The molecule has 0 saturated carbocycles. The van der Waals surface area contributed by atoms with E-state index >= 15 is 0 Å². The summed E-state index contributed by atoms with van der Waals surface area (Å²) in [4.78, 5) is 30.9. The molecule has 156 valence electrons. The standard InChI is InChI=1S/C20H27N5O3S/c1-3-20(2,25-9-11-28-12-10-25)14-22-18(27)23-16-6-4-15(5-7-16)17(26)24-19-21-8-13-29-19/h4-8,13H,3,9-12,14H2,1-2H3,(H,21,24,26)(H2,22,23,27)/t20-/m0/s1. The van der Waals surface area contributed by atoms with Crippen molar-refractivity contribution in [2.75, 3.05) is 43.5 Å². The van der Waals surface area contributed by atoms with Crippen LogP contribution in [0.5, 0.6) is 0 Å². The third-order valence-electron chi connectivity index (χ3n) is 5.22. The minimum absolute atomic E-state index is 0.112. The molecule has 1 atom stereocenters. The van der Waals surface area contributed by atoms with Gasteiger partial charge in [0.25, 0.3) is 5.91 Å². The van der Waals surface area contributed by atoms with Gasteiger partial charge in [0.15, 0.2) is 5.13 Å². The largest absolute Gasteiger partial charge is 0.379 e. The number of nitrogens with zero attached hydrogens (tertiary/aromatic N) is 2. The van der Waals surface area contributed by atoms with Crippen LogP contribution in [0.1, 0.15) is 30.6 Å². The van der Waals surface area contributed by atoms with Gasteiger partial charge in [0.2, 0.25) is 0 Å². The Labute approximate surface area is 174 Å². The van der Waals surface area contributed by atoms with Crippen LogP contribution in [0.2, 0.25) is 0 Å². The van der Waals surface area contributed by atoms with Crippen molar-refractivity contribution in [1.82, 2.24) is 15.2 Å². The van der Waals surface area contributed by atoms with E-state index in [1.807, 2.05) is 0 Å². The Kier molecular flexibility index (Phi) is 7.18. The summed E-state index contributed by atoms with van der Waals surface area (Å²) in [5.41, 5.74) is 1.01. The Morgan fingerprint density at radius 3 is 2.55 bits per heavy atom. The smallest absolute Gasteiger partial charge is 0.319 e. The highest BCUT2D eigenvalue weighted by atomic mass is 32.1. The number of amides is 3. The number of thiazole rings is 1. The minimum atomic E-state index is -0.266. The monoisotopic (exact) mass is 417 g/mol. The van der Waals surface area contributed by atoms with Crippen molar-refractivity contribution in [1.29, 1.82) is 0 Å². The number of anilines is 2. The average Bonchev–Trinajstić information content (AvgIpc) is 3.26. The Morgan fingerprint density at radius 1 is 1.21 bits per heavy atom. The molecule has 1 aromatic heterocycles. The summed E-state index contributed by atoms with van der Waals surface area (Å²) in [6.45, 7) is 8.04. The van der Waals surface area contributed by atoms with Gasteiger partial charge >= 0.3 is 6.03 Å². The number of carbonyl (C=O) groups is 2. The molecule has 29 heavy (non-hydrogen) atoms. The van der Waals surface area contributed by atoms with Crippen molar-refractivity contribution < 1.29 is 14.3 Å². The summed E-state index contributed by atoms with van der Waals surface area (Å²) in [6.07, 6.45) is 2.56. The van der Waals surface area contributed by atoms with E-state index in [2.05, 4.69) is 39.7 Å². The lowest BCUT2D eigenvalue weighted by Crippen LogP contribution is -2.57. The molecule has 0 aliphatic carbocycles. The van der Waals surface area contributed by atoms with Gasteiger partial charge in [-0.1, -0.05) is 6.92 Å². The number of carbonyl (C=O) groups excluding carboxylic acids is 2. The zero-order valence-corrected chi connectivity index (χ0v) is 17.6. The number of hydrogen-bond acceptors (Lipinski definition) is 6. The predicted octanol–water partition coefficient (Wildman–Crippen LogP) is 3.02. The first-order valence-electron chi connectivity index (χ1n) is 9.69. The lowest BCUT2D eigenvalue weighted by molar-refractivity contribution is -0.0163. The summed E-state index contributed by atoms with van der Waals surface area (Å²) in [6, 6.07) is 6.48. The Balaban J connectivity index is 1.50. The van der Waals surface area contributed by atoms with E-state index in [9.17, 15) is 9.59 Å². The van der Waals surface area contributed by atoms with Crippen LogP contribution in [-0.2, 0) is 4.74 Å². The number of nitrogens with one attached hydrogen (secondary N) is 3. The molecule has 9 heteroatoms. The van der Waals surface area contributed by atoms with Crippen molar-refractivity contribution in [3.8, 4) is 0 Å². The highest BCUT2D eigenvalue weighted by Crippen LogP contribution is 2.20. The topological polar surface area (TPSA) is 95.6 Å². The summed E-state index contributed by atoms with van der Waals surface area (Å²) in [5, 5.41) is 10.9. The van der Waals surface area contributed by atoms with Gasteiger partial charge in [0.1, 0.15) is 0 Å². The van der Waals surface area contributed by atoms with Crippen molar-refractivity contribution in [3.05, 3.63) is 41.4 Å². The molecule has 0 unspecified atom stereocenters. The third-order valence-corrected chi connectivity index (χ3v) is 5.91. The van der Waals surface area contributed by atoms with Crippen LogP contribution < -0.4 is 16.0 Å². The number of ether oxygens (including phenoxy) is 1. The summed E-state index contributed by atoms with van der Waals surface area (Å²) in [7, 11) is 0. The van der Waals surface area contributed by atoms with Crippen molar-refractivity contribution in [2.24, 2.45) is 0 Å². The molecule has 1 aliphatic rings. The van der Waals surface area contributed by atoms with Crippen molar-refractivity contribution >= 4 is 34.1 Å². The van der Waals surface area contributed by atoms with Gasteiger partial charge in [0.05, 0.1) is 13.2 Å². The number of morpholine rings is 1. The Hall–Kier alpha value is -2.49. The van der Waals surface area contributed by atoms with Crippen molar-refractivity contribution in [2.45, 2.75) is 25.8 Å². The zero-order chi connectivity index (χ0) is 20.7. The van der Waals surface area contributed by atoms with E-state index in [-0.39, 0.29) is 17.5 Å².